The molecule has 0 aliphatic carbocycles. The Hall–Kier alpha value is -2.71. The van der Waals surface area contributed by atoms with Crippen molar-refractivity contribution < 1.29 is 4.79 Å². The molecule has 0 fully saturated rings. The average molecular weight is 335 g/mol. The standard InChI is InChI=1S/C14H14N6O2.ClH/c1-20(9-4-2-8(6-15)3-5-9)14(22)11-10-12(19-18-11)16-7-17-13(10)21;/h2-5,7H,6,15H2,1H3,(H2,16,17,18,19,21);1H. The molecule has 0 aliphatic rings. The van der Waals surface area contributed by atoms with Crippen LogP contribution < -0.4 is 16.2 Å². The Labute approximate surface area is 137 Å². The molecule has 0 aliphatic heterocycles. The first-order valence-electron chi connectivity index (χ1n) is 6.60. The van der Waals surface area contributed by atoms with Crippen LogP contribution in [0.15, 0.2) is 35.4 Å². The molecule has 9 heteroatoms. The van der Waals surface area contributed by atoms with E-state index in [1.165, 1.54) is 11.2 Å². The number of rotatable bonds is 3. The maximum Gasteiger partial charge on any atom is 0.276 e. The predicted molar refractivity (Wildman–Crippen MR) is 88.8 cm³/mol. The summed E-state index contributed by atoms with van der Waals surface area (Å²) in [5, 5.41) is 6.62. The van der Waals surface area contributed by atoms with Crippen LogP contribution in [0.1, 0.15) is 16.1 Å². The van der Waals surface area contributed by atoms with Gasteiger partial charge in [-0.2, -0.15) is 5.10 Å². The van der Waals surface area contributed by atoms with Crippen LogP contribution in [0.25, 0.3) is 11.0 Å². The van der Waals surface area contributed by atoms with Gasteiger partial charge in [-0.15, -0.1) is 12.4 Å². The van der Waals surface area contributed by atoms with Crippen LogP contribution in [0.2, 0.25) is 0 Å². The summed E-state index contributed by atoms with van der Waals surface area (Å²) in [4.78, 5) is 32.2. The minimum atomic E-state index is -0.408. The SMILES string of the molecule is CN(C(=O)c1[nH]nc2nc[nH]c(=O)c12)c1ccc(CN)cc1.Cl. The third-order valence-corrected chi connectivity index (χ3v) is 3.43. The van der Waals surface area contributed by atoms with Crippen LogP contribution in [-0.4, -0.2) is 33.1 Å². The third-order valence-electron chi connectivity index (χ3n) is 3.43. The maximum atomic E-state index is 12.6. The van der Waals surface area contributed by atoms with Crippen molar-refractivity contribution in [2.45, 2.75) is 6.54 Å². The first kappa shape index (κ1) is 16.7. The molecule has 0 atom stereocenters. The number of anilines is 1. The number of nitrogens with two attached hydrogens (primary N) is 1. The van der Waals surface area contributed by atoms with Gasteiger partial charge in [-0.1, -0.05) is 12.1 Å². The van der Waals surface area contributed by atoms with E-state index >= 15 is 0 Å². The number of aromatic nitrogens is 4. The summed E-state index contributed by atoms with van der Waals surface area (Å²) in [6.07, 6.45) is 1.25. The molecule has 2 heterocycles. The summed E-state index contributed by atoms with van der Waals surface area (Å²) >= 11 is 0. The molecule has 120 valence electrons. The van der Waals surface area contributed by atoms with Gasteiger partial charge >= 0.3 is 0 Å². The minimum Gasteiger partial charge on any atom is -0.326 e. The molecule has 2 aromatic heterocycles. The van der Waals surface area contributed by atoms with Gasteiger partial charge in [0, 0.05) is 19.3 Å². The number of nitrogens with one attached hydrogen (secondary N) is 2. The Bertz CT molecular complexity index is 886. The third kappa shape index (κ3) is 2.94. The second-order valence-corrected chi connectivity index (χ2v) is 4.76. The van der Waals surface area contributed by atoms with Crippen molar-refractivity contribution >= 4 is 35.0 Å². The first-order chi connectivity index (χ1) is 10.6. The van der Waals surface area contributed by atoms with Gasteiger partial charge < -0.3 is 15.6 Å². The van der Waals surface area contributed by atoms with Gasteiger partial charge in [0.15, 0.2) is 5.65 Å². The van der Waals surface area contributed by atoms with Crippen molar-refractivity contribution in [3.05, 3.63) is 52.2 Å². The fourth-order valence-electron chi connectivity index (χ4n) is 2.16. The van der Waals surface area contributed by atoms with Crippen LogP contribution in [-0.2, 0) is 6.54 Å². The number of hydrogen-bond donors (Lipinski definition) is 3. The Kier molecular flexibility index (Phi) is 4.77. The van der Waals surface area contributed by atoms with Crippen LogP contribution in [0.4, 0.5) is 5.69 Å². The molecule has 8 nitrogen and oxygen atoms in total. The molecule has 3 aromatic rings. The number of aromatic amines is 2. The summed E-state index contributed by atoms with van der Waals surface area (Å²) in [6.45, 7) is 0.435. The summed E-state index contributed by atoms with van der Waals surface area (Å²) < 4.78 is 0. The summed E-state index contributed by atoms with van der Waals surface area (Å²) in [6, 6.07) is 7.28. The lowest BCUT2D eigenvalue weighted by atomic mass is 10.2. The van der Waals surface area contributed by atoms with E-state index in [9.17, 15) is 9.59 Å². The number of amides is 1. The lowest BCUT2D eigenvalue weighted by Gasteiger charge is -2.16. The first-order valence-corrected chi connectivity index (χ1v) is 6.60. The number of halogens is 1. The zero-order valence-corrected chi connectivity index (χ0v) is 13.1. The van der Waals surface area contributed by atoms with Crippen molar-refractivity contribution in [3.8, 4) is 0 Å². The number of H-pyrrole nitrogens is 2. The molecular weight excluding hydrogens is 320 g/mol. The zero-order valence-electron chi connectivity index (χ0n) is 12.2. The normalized spacial score (nSPS) is 10.3. The number of hydrogen-bond acceptors (Lipinski definition) is 5. The summed E-state index contributed by atoms with van der Waals surface area (Å²) in [5.41, 5.74) is 7.11. The second kappa shape index (κ2) is 6.59. The van der Waals surface area contributed by atoms with Crippen molar-refractivity contribution in [2.75, 3.05) is 11.9 Å². The van der Waals surface area contributed by atoms with E-state index < -0.39 is 5.56 Å². The minimum absolute atomic E-state index is 0. The highest BCUT2D eigenvalue weighted by atomic mass is 35.5. The van der Waals surface area contributed by atoms with Gasteiger partial charge in [0.2, 0.25) is 0 Å². The van der Waals surface area contributed by atoms with Gasteiger partial charge in [0.05, 0.1) is 6.33 Å². The van der Waals surface area contributed by atoms with Crippen LogP contribution >= 0.6 is 12.4 Å². The number of benzene rings is 1. The Morgan fingerprint density at radius 2 is 2.00 bits per heavy atom. The van der Waals surface area contributed by atoms with E-state index in [0.29, 0.717) is 12.2 Å². The Balaban J connectivity index is 0.00000192. The summed E-state index contributed by atoms with van der Waals surface area (Å²) in [5.74, 6) is -0.374. The smallest absolute Gasteiger partial charge is 0.276 e. The van der Waals surface area contributed by atoms with E-state index in [2.05, 4.69) is 20.2 Å². The number of fused-ring (bicyclic) bond motifs is 1. The van der Waals surface area contributed by atoms with Crippen LogP contribution in [0.3, 0.4) is 0 Å². The quantitative estimate of drug-likeness (QED) is 0.654. The molecule has 0 unspecified atom stereocenters. The topological polar surface area (TPSA) is 121 Å². The van der Waals surface area contributed by atoms with E-state index in [1.54, 1.807) is 19.2 Å². The second-order valence-electron chi connectivity index (χ2n) is 4.76. The van der Waals surface area contributed by atoms with E-state index in [0.717, 1.165) is 5.56 Å². The monoisotopic (exact) mass is 334 g/mol. The number of nitrogens with zero attached hydrogens (tertiary/aromatic N) is 3. The molecule has 1 amide bonds. The lowest BCUT2D eigenvalue weighted by Crippen LogP contribution is -2.27. The largest absolute Gasteiger partial charge is 0.326 e. The highest BCUT2D eigenvalue weighted by Gasteiger charge is 2.21. The molecule has 23 heavy (non-hydrogen) atoms. The van der Waals surface area contributed by atoms with Crippen LogP contribution in [0, 0.1) is 0 Å². The fourth-order valence-corrected chi connectivity index (χ4v) is 2.16. The number of carbonyl (C=O) groups is 1. The summed E-state index contributed by atoms with van der Waals surface area (Å²) in [7, 11) is 1.62. The Morgan fingerprint density at radius 1 is 1.30 bits per heavy atom. The van der Waals surface area contributed by atoms with Crippen LogP contribution in [0.5, 0.6) is 0 Å². The molecule has 0 bridgehead atoms. The zero-order chi connectivity index (χ0) is 15.7. The van der Waals surface area contributed by atoms with E-state index in [1.807, 2.05) is 12.1 Å². The number of carbonyl (C=O) groups excluding carboxylic acids is 1. The maximum absolute atomic E-state index is 12.6. The van der Waals surface area contributed by atoms with Gasteiger partial charge in [0.25, 0.3) is 11.5 Å². The predicted octanol–water partition coefficient (Wildman–Crippen LogP) is 0.803. The average Bonchev–Trinajstić information content (AvgIpc) is 2.99. The van der Waals surface area contributed by atoms with Crippen molar-refractivity contribution in [3.63, 3.8) is 0 Å². The highest BCUT2D eigenvalue weighted by Crippen LogP contribution is 2.18. The van der Waals surface area contributed by atoms with E-state index in [4.69, 9.17) is 5.73 Å². The van der Waals surface area contributed by atoms with Gasteiger partial charge in [0.1, 0.15) is 11.1 Å². The lowest BCUT2D eigenvalue weighted by molar-refractivity contribution is 0.0989. The van der Waals surface area contributed by atoms with Gasteiger partial charge in [-0.25, -0.2) is 4.98 Å². The highest BCUT2D eigenvalue weighted by molar-refractivity contribution is 6.11. The molecule has 0 spiro atoms. The molecule has 4 N–H and O–H groups in total. The molecule has 0 saturated heterocycles. The Morgan fingerprint density at radius 3 is 2.65 bits per heavy atom. The van der Waals surface area contributed by atoms with Crippen molar-refractivity contribution in [1.82, 2.24) is 20.2 Å². The molecule has 1 aromatic carbocycles. The molecule has 3 rings (SSSR count). The van der Waals surface area contributed by atoms with Gasteiger partial charge in [-0.05, 0) is 17.7 Å². The molecule has 0 saturated carbocycles. The van der Waals surface area contributed by atoms with E-state index in [-0.39, 0.29) is 35.0 Å². The molecular formula is C14H15ClN6O2. The molecule has 0 radical (unpaired) electrons. The fraction of sp³-hybridized carbons (Fsp3) is 0.143. The van der Waals surface area contributed by atoms with Crippen molar-refractivity contribution in [1.29, 1.82) is 0 Å². The van der Waals surface area contributed by atoms with Gasteiger partial charge in [-0.3, -0.25) is 14.7 Å². The van der Waals surface area contributed by atoms with Crippen molar-refractivity contribution in [2.24, 2.45) is 5.73 Å².